The van der Waals surface area contributed by atoms with Crippen molar-refractivity contribution in [1.82, 2.24) is 5.32 Å². The van der Waals surface area contributed by atoms with Gasteiger partial charge < -0.3 is 5.32 Å². The first kappa shape index (κ1) is 19.2. The lowest BCUT2D eigenvalue weighted by molar-refractivity contribution is 0.758. The summed E-state index contributed by atoms with van der Waals surface area (Å²) in [6, 6.07) is 33.8. The lowest BCUT2D eigenvalue weighted by Gasteiger charge is -2.20. The largest absolute Gasteiger partial charge is 0.368 e. The Labute approximate surface area is 176 Å². The van der Waals surface area contributed by atoms with Crippen LogP contribution >= 0.6 is 11.3 Å². The van der Waals surface area contributed by atoms with Crippen LogP contribution in [0.2, 0.25) is 0 Å². The maximum absolute atomic E-state index is 4.92. The average molecular weight is 397 g/mol. The smallest absolute Gasteiger partial charge is 0.144 e. The molecule has 3 aromatic carbocycles. The van der Waals surface area contributed by atoms with Crippen LogP contribution in [0.1, 0.15) is 27.5 Å². The molecule has 0 bridgehead atoms. The summed E-state index contributed by atoms with van der Waals surface area (Å²) in [4.78, 5) is 6.06. The lowest BCUT2D eigenvalue weighted by Crippen LogP contribution is -2.29. The van der Waals surface area contributed by atoms with Crippen molar-refractivity contribution >= 4 is 22.9 Å². The van der Waals surface area contributed by atoms with Gasteiger partial charge in [0.1, 0.15) is 5.84 Å². The second-order valence-electron chi connectivity index (χ2n) is 7.03. The molecule has 29 heavy (non-hydrogen) atoms. The third-order valence-electron chi connectivity index (χ3n) is 4.91. The molecule has 1 heterocycles. The molecular formula is C26H24N2S. The number of aliphatic imine (C=N–C) groups is 1. The highest BCUT2D eigenvalue weighted by atomic mass is 32.1. The van der Waals surface area contributed by atoms with E-state index in [0.29, 0.717) is 0 Å². The van der Waals surface area contributed by atoms with Crippen molar-refractivity contribution < 1.29 is 0 Å². The summed E-state index contributed by atoms with van der Waals surface area (Å²) in [7, 11) is 0. The zero-order valence-electron chi connectivity index (χ0n) is 16.5. The van der Waals surface area contributed by atoms with E-state index >= 15 is 0 Å². The van der Waals surface area contributed by atoms with Crippen LogP contribution in [0.3, 0.4) is 0 Å². The Morgan fingerprint density at radius 1 is 0.793 bits per heavy atom. The molecule has 0 radical (unpaired) electrons. The van der Waals surface area contributed by atoms with Crippen LogP contribution in [-0.4, -0.2) is 12.4 Å². The minimum Gasteiger partial charge on any atom is -0.368 e. The van der Waals surface area contributed by atoms with E-state index in [4.69, 9.17) is 4.99 Å². The van der Waals surface area contributed by atoms with Gasteiger partial charge in [-0.1, -0.05) is 84.4 Å². The number of thiophene rings is 1. The standard InChI is InChI=1S/C26H24N2S/c1-20-14-16-23(17-15-20)28-26(25-13-8-18-29-25)27-19-24(21-9-4-2-5-10-21)22-11-6-3-7-12-22/h2-18,24H,19H2,1H3,(H,27,28). The van der Waals surface area contributed by atoms with Gasteiger partial charge in [0.25, 0.3) is 0 Å². The van der Waals surface area contributed by atoms with E-state index in [0.717, 1.165) is 22.9 Å². The summed E-state index contributed by atoms with van der Waals surface area (Å²) in [5.74, 6) is 1.17. The Kier molecular flexibility index (Phi) is 6.18. The molecule has 0 aliphatic heterocycles. The summed E-state index contributed by atoms with van der Waals surface area (Å²) in [5.41, 5.74) is 4.80. The lowest BCUT2D eigenvalue weighted by atomic mass is 9.91. The molecular weight excluding hydrogens is 372 g/mol. The number of nitrogens with one attached hydrogen (secondary N) is 1. The number of benzene rings is 3. The molecule has 2 nitrogen and oxygen atoms in total. The van der Waals surface area contributed by atoms with Crippen molar-refractivity contribution in [3.63, 3.8) is 0 Å². The molecule has 4 aromatic rings. The molecule has 1 aromatic heterocycles. The summed E-state index contributed by atoms with van der Waals surface area (Å²) < 4.78 is 0. The van der Waals surface area contributed by atoms with Crippen LogP contribution in [-0.2, 0) is 0 Å². The molecule has 0 fully saturated rings. The van der Waals surface area contributed by atoms with Crippen LogP contribution in [0, 0.1) is 6.92 Å². The topological polar surface area (TPSA) is 24.4 Å². The maximum atomic E-state index is 4.92. The van der Waals surface area contributed by atoms with Crippen molar-refractivity contribution in [2.45, 2.75) is 12.8 Å². The first-order valence-corrected chi connectivity index (χ1v) is 10.7. The van der Waals surface area contributed by atoms with Crippen molar-refractivity contribution in [3.05, 3.63) is 124 Å². The molecule has 0 aliphatic carbocycles. The predicted molar refractivity (Wildman–Crippen MR) is 124 cm³/mol. The predicted octanol–water partition coefficient (Wildman–Crippen LogP) is 6.56. The van der Waals surface area contributed by atoms with Crippen molar-refractivity contribution in [3.8, 4) is 0 Å². The van der Waals surface area contributed by atoms with E-state index in [2.05, 4.69) is 115 Å². The van der Waals surface area contributed by atoms with Crippen molar-refractivity contribution in [2.75, 3.05) is 6.54 Å². The molecule has 4 rings (SSSR count). The number of rotatable bonds is 6. The van der Waals surface area contributed by atoms with E-state index in [9.17, 15) is 0 Å². The molecule has 0 amide bonds. The first-order chi connectivity index (χ1) is 14.3. The second-order valence-corrected chi connectivity index (χ2v) is 7.98. The van der Waals surface area contributed by atoms with E-state index in [1.54, 1.807) is 11.3 Å². The summed E-state index contributed by atoms with van der Waals surface area (Å²) >= 11 is 1.70. The zero-order valence-corrected chi connectivity index (χ0v) is 17.3. The Morgan fingerprint density at radius 2 is 1.41 bits per heavy atom. The number of amidine groups is 1. The fourth-order valence-corrected chi connectivity index (χ4v) is 4.03. The Balaban J connectivity index is 1.63. The van der Waals surface area contributed by atoms with Crippen molar-refractivity contribution in [2.24, 2.45) is 4.99 Å². The minimum atomic E-state index is 0.251. The van der Waals surface area contributed by atoms with Gasteiger partial charge in [0.15, 0.2) is 0 Å². The van der Waals surface area contributed by atoms with Gasteiger partial charge in [-0.2, -0.15) is 0 Å². The summed E-state index contributed by atoms with van der Waals surface area (Å²) in [6.45, 7) is 2.87. The zero-order chi connectivity index (χ0) is 19.9. The molecule has 3 heteroatoms. The number of hydrogen-bond acceptors (Lipinski definition) is 2. The van der Waals surface area contributed by atoms with Crippen LogP contribution in [0.25, 0.3) is 0 Å². The molecule has 0 unspecified atom stereocenters. The highest BCUT2D eigenvalue weighted by Crippen LogP contribution is 2.24. The van der Waals surface area contributed by atoms with E-state index in [-0.39, 0.29) is 5.92 Å². The van der Waals surface area contributed by atoms with Crippen LogP contribution in [0.15, 0.2) is 107 Å². The molecule has 0 saturated heterocycles. The molecule has 0 spiro atoms. The van der Waals surface area contributed by atoms with Gasteiger partial charge in [0.05, 0.1) is 10.6 Å². The Morgan fingerprint density at radius 3 is 1.97 bits per heavy atom. The van der Waals surface area contributed by atoms with Gasteiger partial charge in [-0.3, -0.25) is 0 Å². The van der Waals surface area contributed by atoms with Gasteiger partial charge in [-0.15, -0.1) is 11.3 Å². The number of hydrogen-bond donors (Lipinski definition) is 1. The van der Waals surface area contributed by atoms with Crippen LogP contribution < -0.4 is 5.32 Å². The van der Waals surface area contributed by atoms with Gasteiger partial charge in [-0.25, -0.2) is 4.99 Å². The average Bonchev–Trinajstić information content (AvgIpc) is 3.31. The van der Waals surface area contributed by atoms with Gasteiger partial charge in [0.2, 0.25) is 0 Å². The Hall–Kier alpha value is -3.17. The van der Waals surface area contributed by atoms with E-state index in [1.165, 1.54) is 16.7 Å². The highest BCUT2D eigenvalue weighted by molar-refractivity contribution is 7.12. The maximum Gasteiger partial charge on any atom is 0.144 e. The summed E-state index contributed by atoms with van der Waals surface area (Å²) in [6.07, 6.45) is 0. The fraction of sp³-hybridized carbons (Fsp3) is 0.115. The molecule has 0 aliphatic rings. The molecule has 0 saturated carbocycles. The molecule has 144 valence electrons. The van der Waals surface area contributed by atoms with Gasteiger partial charge in [-0.05, 0) is 41.6 Å². The number of nitrogens with zero attached hydrogens (tertiary/aromatic N) is 1. The van der Waals surface area contributed by atoms with Gasteiger partial charge in [0, 0.05) is 12.5 Å². The van der Waals surface area contributed by atoms with Gasteiger partial charge >= 0.3 is 0 Å². The minimum absolute atomic E-state index is 0.251. The van der Waals surface area contributed by atoms with E-state index < -0.39 is 0 Å². The monoisotopic (exact) mass is 396 g/mol. The summed E-state index contributed by atoms with van der Waals surface area (Å²) in [5, 5.41) is 5.73. The third-order valence-corrected chi connectivity index (χ3v) is 5.78. The second kappa shape index (κ2) is 9.35. The quantitative estimate of drug-likeness (QED) is 0.290. The van der Waals surface area contributed by atoms with Crippen molar-refractivity contribution in [1.29, 1.82) is 0 Å². The molecule has 1 N–H and O–H groups in total. The van der Waals surface area contributed by atoms with E-state index in [1.807, 2.05) is 0 Å². The first-order valence-electron chi connectivity index (χ1n) is 9.82. The molecule has 0 atom stereocenters. The Bertz CT molecular complexity index is 998. The third kappa shape index (κ3) is 5.01. The SMILES string of the molecule is Cc1ccc(/N=C(\NCC(c2ccccc2)c2ccccc2)c2cccs2)cc1. The van der Waals surface area contributed by atoms with Crippen LogP contribution in [0.5, 0.6) is 0 Å². The van der Waals surface area contributed by atoms with Crippen LogP contribution in [0.4, 0.5) is 5.69 Å². The number of aryl methyl sites for hydroxylation is 1. The highest BCUT2D eigenvalue weighted by Gasteiger charge is 2.15. The fourth-order valence-electron chi connectivity index (χ4n) is 3.34. The normalized spacial score (nSPS) is 11.6.